The predicted molar refractivity (Wildman–Crippen MR) is 113 cm³/mol. The molecule has 1 aromatic rings. The van der Waals surface area contributed by atoms with Gasteiger partial charge in [0.1, 0.15) is 0 Å². The maximum absolute atomic E-state index is 12.8. The van der Waals surface area contributed by atoms with Crippen LogP contribution in [0.15, 0.2) is 41.3 Å². The number of sulfonamides is 1. The molecule has 0 spiro atoms. The number of carboxylic acid groups (broad SMARTS) is 1. The monoisotopic (exact) mass is 503 g/mol. The first-order valence-corrected chi connectivity index (χ1v) is 12.1. The second-order valence-electron chi connectivity index (χ2n) is 7.59. The predicted octanol–water partition coefficient (Wildman–Crippen LogP) is 4.19. The van der Waals surface area contributed by atoms with Gasteiger partial charge in [-0.15, -0.1) is 0 Å². The van der Waals surface area contributed by atoms with Crippen molar-refractivity contribution < 1.29 is 18.3 Å². The fourth-order valence-electron chi connectivity index (χ4n) is 4.54. The average molecular weight is 503 g/mol. The highest BCUT2D eigenvalue weighted by Gasteiger charge is 2.48. The second-order valence-corrected chi connectivity index (χ2v) is 10.6. The van der Waals surface area contributed by atoms with Gasteiger partial charge in [-0.2, -0.15) is 0 Å². The van der Waals surface area contributed by atoms with E-state index >= 15 is 0 Å². The number of nitrogens with one attached hydrogen (secondary N) is 1. The minimum absolute atomic E-state index is 0.00306. The number of unbranched alkanes of at least 4 members (excludes halogenated alkanes) is 1. The summed E-state index contributed by atoms with van der Waals surface area (Å²) in [4.78, 5) is 10.9. The molecular weight excluding hydrogens is 477 g/mol. The van der Waals surface area contributed by atoms with Gasteiger partial charge >= 0.3 is 5.97 Å². The zero-order valence-electron chi connectivity index (χ0n) is 15.2. The summed E-state index contributed by atoms with van der Waals surface area (Å²) in [6.45, 7) is 0. The quantitative estimate of drug-likeness (QED) is 0.301. The molecule has 2 fully saturated rings. The molecule has 0 radical (unpaired) electrons. The second kappa shape index (κ2) is 9.05. The van der Waals surface area contributed by atoms with Crippen molar-refractivity contribution in [2.75, 3.05) is 0 Å². The topological polar surface area (TPSA) is 83.5 Å². The van der Waals surface area contributed by atoms with E-state index in [4.69, 9.17) is 5.11 Å². The van der Waals surface area contributed by atoms with Crippen molar-refractivity contribution in [3.8, 4) is 0 Å². The van der Waals surface area contributed by atoms with E-state index in [1.54, 1.807) is 12.1 Å². The minimum atomic E-state index is -3.51. The normalized spacial score (nSPS) is 27.4. The molecule has 2 saturated carbocycles. The van der Waals surface area contributed by atoms with Gasteiger partial charge in [0.2, 0.25) is 10.0 Å². The number of rotatable bonds is 9. The summed E-state index contributed by atoms with van der Waals surface area (Å²) in [5, 5.41) is 8.68. The molecule has 2 N–H and O–H groups in total. The van der Waals surface area contributed by atoms with E-state index in [1.165, 1.54) is 6.42 Å². The summed E-state index contributed by atoms with van der Waals surface area (Å²) >= 11 is 2.17. The molecule has 3 rings (SSSR count). The fourth-order valence-corrected chi connectivity index (χ4v) is 6.25. The number of hydrogen-bond acceptors (Lipinski definition) is 3. The largest absolute Gasteiger partial charge is 0.481 e. The molecule has 148 valence electrons. The van der Waals surface area contributed by atoms with Crippen molar-refractivity contribution in [3.63, 3.8) is 0 Å². The molecule has 1 aromatic carbocycles. The molecule has 7 heteroatoms. The van der Waals surface area contributed by atoms with Crippen molar-refractivity contribution in [1.82, 2.24) is 4.72 Å². The Labute approximate surface area is 174 Å². The highest BCUT2D eigenvalue weighted by molar-refractivity contribution is 14.1. The van der Waals surface area contributed by atoms with Gasteiger partial charge < -0.3 is 5.11 Å². The van der Waals surface area contributed by atoms with Crippen LogP contribution in [-0.2, 0) is 14.8 Å². The number of hydrogen-bond donors (Lipinski definition) is 2. The molecular formula is C20H26INO4S. The van der Waals surface area contributed by atoms with Crippen LogP contribution in [0.25, 0.3) is 0 Å². The zero-order valence-corrected chi connectivity index (χ0v) is 18.2. The van der Waals surface area contributed by atoms with E-state index < -0.39 is 16.0 Å². The van der Waals surface area contributed by atoms with Gasteiger partial charge in [0.05, 0.1) is 4.90 Å². The molecule has 2 aliphatic carbocycles. The van der Waals surface area contributed by atoms with Gasteiger partial charge in [0.25, 0.3) is 0 Å². The summed E-state index contributed by atoms with van der Waals surface area (Å²) in [7, 11) is -3.51. The number of carbonyl (C=O) groups is 1. The molecule has 0 aromatic heterocycles. The third-order valence-electron chi connectivity index (χ3n) is 5.84. The summed E-state index contributed by atoms with van der Waals surface area (Å²) in [5.74, 6) is 0.585. The summed E-state index contributed by atoms with van der Waals surface area (Å²) < 4.78 is 29.6. The van der Waals surface area contributed by atoms with E-state index in [-0.39, 0.29) is 12.5 Å². The van der Waals surface area contributed by atoms with Crippen LogP contribution in [-0.4, -0.2) is 25.5 Å². The van der Waals surface area contributed by atoms with Gasteiger partial charge in [0, 0.05) is 16.0 Å². The zero-order chi connectivity index (χ0) is 19.4. The number of halogens is 1. The van der Waals surface area contributed by atoms with E-state index in [0.29, 0.717) is 29.1 Å². The Morgan fingerprint density at radius 2 is 1.89 bits per heavy atom. The number of allylic oxidation sites excluding steroid dienone is 2. The van der Waals surface area contributed by atoms with E-state index in [2.05, 4.69) is 33.4 Å². The van der Waals surface area contributed by atoms with Crippen LogP contribution in [0.2, 0.25) is 0 Å². The van der Waals surface area contributed by atoms with Crippen molar-refractivity contribution in [3.05, 3.63) is 40.0 Å². The Morgan fingerprint density at radius 3 is 2.59 bits per heavy atom. The van der Waals surface area contributed by atoms with Crippen LogP contribution >= 0.6 is 22.6 Å². The molecule has 0 saturated heterocycles. The van der Waals surface area contributed by atoms with Crippen molar-refractivity contribution in [2.24, 2.45) is 17.8 Å². The summed E-state index contributed by atoms with van der Waals surface area (Å²) in [6.07, 6.45) is 9.99. The molecule has 0 heterocycles. The molecule has 0 amide bonds. The van der Waals surface area contributed by atoms with Crippen molar-refractivity contribution in [1.29, 1.82) is 0 Å². The maximum atomic E-state index is 12.8. The van der Waals surface area contributed by atoms with Crippen LogP contribution in [0.5, 0.6) is 0 Å². The molecule has 4 atom stereocenters. The maximum Gasteiger partial charge on any atom is 0.303 e. The fraction of sp³-hybridized carbons (Fsp3) is 0.550. The van der Waals surface area contributed by atoms with Gasteiger partial charge in [-0.1, -0.05) is 12.2 Å². The van der Waals surface area contributed by atoms with Crippen LogP contribution < -0.4 is 4.72 Å². The summed E-state index contributed by atoms with van der Waals surface area (Å²) in [6, 6.07) is 6.95. The lowest BCUT2D eigenvalue weighted by Crippen LogP contribution is -2.43. The lowest BCUT2D eigenvalue weighted by molar-refractivity contribution is -0.137. The van der Waals surface area contributed by atoms with Gasteiger partial charge in [0.15, 0.2) is 0 Å². The average Bonchev–Trinajstić information content (AvgIpc) is 3.20. The smallest absolute Gasteiger partial charge is 0.303 e. The van der Waals surface area contributed by atoms with Gasteiger partial charge in [-0.3, -0.25) is 4.79 Å². The molecule has 2 aliphatic rings. The highest BCUT2D eigenvalue weighted by Crippen LogP contribution is 2.50. The molecule has 0 aliphatic heterocycles. The Balaban J connectivity index is 1.62. The third-order valence-corrected chi connectivity index (χ3v) is 8.03. The highest BCUT2D eigenvalue weighted by atomic mass is 127. The first-order chi connectivity index (χ1) is 12.9. The number of benzene rings is 1. The number of carboxylic acids is 1. The van der Waals surface area contributed by atoms with Crippen LogP contribution in [0.3, 0.4) is 0 Å². The first-order valence-electron chi connectivity index (χ1n) is 9.51. The molecule has 0 unspecified atom stereocenters. The SMILES string of the molecule is O=C(O)CCC/C=C\C[C@H]1[C@H]2CC[C@H](C2)[C@H]1NS(=O)(=O)c1ccc(I)cc1. The molecule has 27 heavy (non-hydrogen) atoms. The van der Waals surface area contributed by atoms with Gasteiger partial charge in [-0.05, 0) is 103 Å². The van der Waals surface area contributed by atoms with E-state index in [9.17, 15) is 13.2 Å². The Hall–Kier alpha value is -0.930. The number of aliphatic carboxylic acids is 1. The Kier molecular flexibility index (Phi) is 6.97. The summed E-state index contributed by atoms with van der Waals surface area (Å²) in [5.41, 5.74) is 0. The molecule has 2 bridgehead atoms. The lowest BCUT2D eigenvalue weighted by Gasteiger charge is -2.31. The van der Waals surface area contributed by atoms with Crippen molar-refractivity contribution >= 4 is 38.6 Å². The Bertz CT molecular complexity index is 791. The third kappa shape index (κ3) is 5.32. The standard InChI is InChI=1S/C20H26INO4S/c21-16-9-11-17(12-10-16)27(25,26)22-20-15-8-7-14(13-15)18(20)5-3-1-2-4-6-19(23)24/h1,3,9-12,14-15,18,20,22H,2,4-8,13H2,(H,23,24)/b3-1-/t14-,15+,18-,20+/m0/s1. The lowest BCUT2D eigenvalue weighted by atomic mass is 9.83. The number of fused-ring (bicyclic) bond motifs is 2. The van der Waals surface area contributed by atoms with E-state index in [0.717, 1.165) is 29.3 Å². The molecule has 5 nitrogen and oxygen atoms in total. The Morgan fingerprint density at radius 1 is 1.19 bits per heavy atom. The van der Waals surface area contributed by atoms with Crippen LogP contribution in [0.4, 0.5) is 0 Å². The van der Waals surface area contributed by atoms with E-state index in [1.807, 2.05) is 18.2 Å². The minimum Gasteiger partial charge on any atom is -0.481 e. The van der Waals surface area contributed by atoms with Gasteiger partial charge in [-0.25, -0.2) is 13.1 Å². The van der Waals surface area contributed by atoms with Crippen LogP contribution in [0, 0.1) is 21.3 Å². The van der Waals surface area contributed by atoms with Crippen LogP contribution in [0.1, 0.15) is 44.9 Å². The van der Waals surface area contributed by atoms with Crippen molar-refractivity contribution in [2.45, 2.75) is 55.9 Å². The first kappa shape index (κ1) is 20.8.